The van der Waals surface area contributed by atoms with E-state index in [0.717, 1.165) is 17.7 Å². The third-order valence-electron chi connectivity index (χ3n) is 2.82. The molecule has 0 heterocycles. The second-order valence-corrected chi connectivity index (χ2v) is 4.89. The summed E-state index contributed by atoms with van der Waals surface area (Å²) in [6.45, 7) is 4.62. The normalized spacial score (nSPS) is 13.9. The lowest BCUT2D eigenvalue weighted by atomic mass is 10.1. The number of hydrogen-bond donors (Lipinski definition) is 1. The highest BCUT2D eigenvalue weighted by atomic mass is 35.5. The Morgan fingerprint density at radius 3 is 2.11 bits per heavy atom. The number of alkyl halides is 4. The number of hydrogen-bond acceptors (Lipinski definition) is 1. The van der Waals surface area contributed by atoms with Gasteiger partial charge < -0.3 is 5.32 Å². The Hall–Kier alpha value is -0.740. The fourth-order valence-corrected chi connectivity index (χ4v) is 1.99. The first-order chi connectivity index (χ1) is 8.34. The minimum absolute atomic E-state index is 0.161. The van der Waals surface area contributed by atoms with Crippen molar-refractivity contribution in [3.63, 3.8) is 0 Å². The summed E-state index contributed by atoms with van der Waals surface area (Å²) in [5.41, 5.74) is 0.197. The molecule has 0 aliphatic carbocycles. The van der Waals surface area contributed by atoms with Gasteiger partial charge in [0, 0.05) is 18.5 Å². The molecule has 0 radical (unpaired) electrons. The molecule has 0 bridgehead atoms. The highest BCUT2D eigenvalue weighted by Gasteiger charge is 2.29. The van der Waals surface area contributed by atoms with Crippen molar-refractivity contribution in [2.45, 2.75) is 32.6 Å². The average Bonchev–Trinajstić information content (AvgIpc) is 2.29. The molecular formula is C13H17ClF3N. The molecular weight excluding hydrogens is 263 g/mol. The molecule has 0 fully saturated rings. The molecule has 1 N–H and O–H groups in total. The Labute approximate surface area is 110 Å². The summed E-state index contributed by atoms with van der Waals surface area (Å²) in [5.74, 6) is 0.870. The van der Waals surface area contributed by atoms with E-state index in [1.807, 2.05) is 13.8 Å². The Morgan fingerprint density at radius 2 is 1.72 bits per heavy atom. The standard InChI is InChI=1S/C13H17ClF3N/c1-9(2)12(7-14)18-8-10-3-5-11(6-4-10)13(15,16)17/h3-6,9,12,18H,7-8H2,1-2H3. The summed E-state index contributed by atoms with van der Waals surface area (Å²) in [7, 11) is 0. The molecule has 1 unspecified atom stereocenters. The minimum atomic E-state index is -4.28. The zero-order valence-electron chi connectivity index (χ0n) is 10.4. The highest BCUT2D eigenvalue weighted by molar-refractivity contribution is 6.18. The van der Waals surface area contributed by atoms with Crippen LogP contribution < -0.4 is 5.32 Å². The SMILES string of the molecule is CC(C)C(CCl)NCc1ccc(C(F)(F)F)cc1. The first-order valence-electron chi connectivity index (χ1n) is 5.80. The second-order valence-electron chi connectivity index (χ2n) is 4.58. The van der Waals surface area contributed by atoms with Crippen molar-refractivity contribution in [1.29, 1.82) is 0 Å². The summed E-state index contributed by atoms with van der Waals surface area (Å²) in [6, 6.07) is 5.33. The van der Waals surface area contributed by atoms with Crippen LogP contribution in [0.5, 0.6) is 0 Å². The smallest absolute Gasteiger partial charge is 0.308 e. The highest BCUT2D eigenvalue weighted by Crippen LogP contribution is 2.29. The molecule has 0 aromatic heterocycles. The van der Waals surface area contributed by atoms with Gasteiger partial charge in [0.25, 0.3) is 0 Å². The first-order valence-corrected chi connectivity index (χ1v) is 6.33. The van der Waals surface area contributed by atoms with Crippen molar-refractivity contribution >= 4 is 11.6 Å². The van der Waals surface area contributed by atoms with Crippen molar-refractivity contribution in [1.82, 2.24) is 5.32 Å². The quantitative estimate of drug-likeness (QED) is 0.802. The van der Waals surface area contributed by atoms with Crippen LogP contribution in [0.25, 0.3) is 0 Å². The molecule has 1 atom stereocenters. The molecule has 0 aliphatic rings. The Kier molecular flexibility index (Phi) is 5.47. The van der Waals surface area contributed by atoms with Crippen LogP contribution in [0.15, 0.2) is 24.3 Å². The summed E-state index contributed by atoms with van der Waals surface area (Å²) >= 11 is 5.80. The van der Waals surface area contributed by atoms with Crippen LogP contribution in [0.3, 0.4) is 0 Å². The fraction of sp³-hybridized carbons (Fsp3) is 0.538. The van der Waals surface area contributed by atoms with E-state index in [0.29, 0.717) is 18.3 Å². The molecule has 5 heteroatoms. The Morgan fingerprint density at radius 1 is 1.17 bits per heavy atom. The molecule has 0 amide bonds. The van der Waals surface area contributed by atoms with Crippen LogP contribution in [-0.2, 0) is 12.7 Å². The van der Waals surface area contributed by atoms with Crippen molar-refractivity contribution in [2.24, 2.45) is 5.92 Å². The van der Waals surface area contributed by atoms with E-state index in [1.54, 1.807) is 0 Å². The first kappa shape index (κ1) is 15.3. The molecule has 1 aromatic carbocycles. The molecule has 102 valence electrons. The van der Waals surface area contributed by atoms with E-state index in [2.05, 4.69) is 5.32 Å². The van der Waals surface area contributed by atoms with Crippen molar-refractivity contribution in [3.05, 3.63) is 35.4 Å². The van der Waals surface area contributed by atoms with Crippen LogP contribution >= 0.6 is 11.6 Å². The minimum Gasteiger partial charge on any atom is -0.308 e. The molecule has 1 aromatic rings. The molecule has 0 spiro atoms. The molecule has 0 saturated heterocycles. The van der Waals surface area contributed by atoms with Crippen molar-refractivity contribution in [2.75, 3.05) is 5.88 Å². The predicted octanol–water partition coefficient (Wildman–Crippen LogP) is 4.06. The maximum atomic E-state index is 12.4. The third-order valence-corrected chi connectivity index (χ3v) is 3.15. The lowest BCUT2D eigenvalue weighted by Crippen LogP contribution is -2.34. The maximum Gasteiger partial charge on any atom is 0.416 e. The molecule has 1 nitrogen and oxygen atoms in total. The van der Waals surface area contributed by atoms with E-state index in [4.69, 9.17) is 11.6 Å². The third kappa shape index (κ3) is 4.50. The molecule has 0 saturated carbocycles. The van der Waals surface area contributed by atoms with E-state index >= 15 is 0 Å². The summed E-state index contributed by atoms with van der Waals surface area (Å²) in [5, 5.41) is 3.23. The van der Waals surface area contributed by atoms with E-state index in [1.165, 1.54) is 12.1 Å². The predicted molar refractivity (Wildman–Crippen MR) is 67.6 cm³/mol. The van der Waals surface area contributed by atoms with Crippen LogP contribution in [0.2, 0.25) is 0 Å². The topological polar surface area (TPSA) is 12.0 Å². The largest absolute Gasteiger partial charge is 0.416 e. The monoisotopic (exact) mass is 279 g/mol. The number of halogens is 4. The van der Waals surface area contributed by atoms with Crippen molar-refractivity contribution in [3.8, 4) is 0 Å². The van der Waals surface area contributed by atoms with Gasteiger partial charge >= 0.3 is 6.18 Å². The Bertz CT molecular complexity index is 359. The van der Waals surface area contributed by atoms with Gasteiger partial charge in [0.15, 0.2) is 0 Å². The van der Waals surface area contributed by atoms with Gasteiger partial charge in [-0.1, -0.05) is 26.0 Å². The van der Waals surface area contributed by atoms with Gasteiger partial charge in [0.05, 0.1) is 5.56 Å². The van der Waals surface area contributed by atoms with Gasteiger partial charge in [-0.15, -0.1) is 11.6 Å². The molecule has 18 heavy (non-hydrogen) atoms. The Balaban J connectivity index is 2.59. The van der Waals surface area contributed by atoms with Crippen LogP contribution in [0, 0.1) is 5.92 Å². The van der Waals surface area contributed by atoms with E-state index in [9.17, 15) is 13.2 Å². The van der Waals surface area contributed by atoms with Crippen LogP contribution in [-0.4, -0.2) is 11.9 Å². The fourth-order valence-electron chi connectivity index (χ4n) is 1.53. The van der Waals surface area contributed by atoms with E-state index in [-0.39, 0.29) is 6.04 Å². The van der Waals surface area contributed by atoms with Crippen LogP contribution in [0.4, 0.5) is 13.2 Å². The van der Waals surface area contributed by atoms with Gasteiger partial charge in [0.1, 0.15) is 0 Å². The lowest BCUT2D eigenvalue weighted by Gasteiger charge is -2.19. The number of benzene rings is 1. The second kappa shape index (κ2) is 6.43. The zero-order chi connectivity index (χ0) is 13.8. The lowest BCUT2D eigenvalue weighted by molar-refractivity contribution is -0.137. The molecule has 0 aliphatic heterocycles. The zero-order valence-corrected chi connectivity index (χ0v) is 11.1. The van der Waals surface area contributed by atoms with E-state index < -0.39 is 11.7 Å². The van der Waals surface area contributed by atoms with Gasteiger partial charge in [-0.3, -0.25) is 0 Å². The van der Waals surface area contributed by atoms with Gasteiger partial charge in [-0.05, 0) is 23.6 Å². The number of nitrogens with one attached hydrogen (secondary N) is 1. The molecule has 1 rings (SSSR count). The summed E-state index contributed by atoms with van der Waals surface area (Å²) in [4.78, 5) is 0. The van der Waals surface area contributed by atoms with Gasteiger partial charge in [-0.2, -0.15) is 13.2 Å². The van der Waals surface area contributed by atoms with Crippen molar-refractivity contribution < 1.29 is 13.2 Å². The summed E-state index contributed by atoms with van der Waals surface area (Å²) < 4.78 is 37.1. The average molecular weight is 280 g/mol. The van der Waals surface area contributed by atoms with Gasteiger partial charge in [0.2, 0.25) is 0 Å². The number of rotatable bonds is 5. The van der Waals surface area contributed by atoms with Gasteiger partial charge in [-0.25, -0.2) is 0 Å². The summed E-state index contributed by atoms with van der Waals surface area (Å²) in [6.07, 6.45) is -4.28. The van der Waals surface area contributed by atoms with Crippen LogP contribution in [0.1, 0.15) is 25.0 Å². The maximum absolute atomic E-state index is 12.4.